The third-order valence-corrected chi connectivity index (χ3v) is 14.6. The van der Waals surface area contributed by atoms with Gasteiger partial charge in [0.25, 0.3) is 0 Å². The van der Waals surface area contributed by atoms with E-state index in [1.165, 1.54) is 29.2 Å². The van der Waals surface area contributed by atoms with E-state index < -0.39 is 29.6 Å². The molecule has 64 heavy (non-hydrogen) atoms. The normalized spacial score (nSPS) is 26.4. The lowest BCUT2D eigenvalue weighted by atomic mass is 9.64. The predicted octanol–water partition coefficient (Wildman–Crippen LogP) is 12.6. The van der Waals surface area contributed by atoms with Gasteiger partial charge >= 0.3 is 12.5 Å². The van der Waals surface area contributed by atoms with Gasteiger partial charge in [-0.2, -0.15) is 0 Å². The van der Waals surface area contributed by atoms with Crippen LogP contribution in [0.4, 0.5) is 18.0 Å². The van der Waals surface area contributed by atoms with Crippen molar-refractivity contribution in [2.24, 2.45) is 23.2 Å². The maximum Gasteiger partial charge on any atom is 0.573 e. The number of carbonyl (C=O) groups is 2. The molecule has 8 rings (SSSR count). The molecule has 7 nitrogen and oxygen atoms in total. The van der Waals surface area contributed by atoms with Crippen LogP contribution in [0.5, 0.6) is 5.75 Å². The minimum absolute atomic E-state index is 0.0150. The van der Waals surface area contributed by atoms with Gasteiger partial charge in [0.15, 0.2) is 5.78 Å². The molecule has 10 heteroatoms. The number of aliphatic hydroxyl groups excluding tert-OH is 1. The molecule has 2 saturated carbocycles. The minimum atomic E-state index is -4.85. The van der Waals surface area contributed by atoms with Gasteiger partial charge in [0, 0.05) is 23.1 Å². The van der Waals surface area contributed by atoms with Gasteiger partial charge in [-0.3, -0.25) is 4.79 Å². The van der Waals surface area contributed by atoms with Crippen LogP contribution in [0.3, 0.4) is 0 Å². The molecule has 4 aliphatic rings. The summed E-state index contributed by atoms with van der Waals surface area (Å²) in [5.74, 6) is -0.00170. The molecule has 4 aromatic carbocycles. The lowest BCUT2D eigenvalue weighted by Gasteiger charge is -2.46. The Morgan fingerprint density at radius 1 is 0.891 bits per heavy atom. The zero-order valence-electron chi connectivity index (χ0n) is 37.9. The SMILES string of the molecule is CC1=CCCC2(C)C(CCC2(O)CN(Cc2ccc(OC(F)(F)F)cc2)C(=O)OC2CC(C)CCC2C(C)C)c2ccc(cc2C(=O)c2ccccc2-c2ccccc2)CC(O)CC1. The van der Waals surface area contributed by atoms with Crippen LogP contribution in [0.15, 0.2) is 109 Å². The van der Waals surface area contributed by atoms with Crippen molar-refractivity contribution in [3.8, 4) is 16.9 Å². The number of halogens is 3. The Morgan fingerprint density at radius 3 is 2.33 bits per heavy atom. The van der Waals surface area contributed by atoms with E-state index in [9.17, 15) is 28.2 Å². The van der Waals surface area contributed by atoms with Crippen LogP contribution in [0.2, 0.25) is 0 Å². The Balaban J connectivity index is 1.29. The number of carbonyl (C=O) groups excluding carboxylic acids is 2. The van der Waals surface area contributed by atoms with E-state index >= 15 is 4.79 Å². The summed E-state index contributed by atoms with van der Waals surface area (Å²) in [7, 11) is 0. The second kappa shape index (κ2) is 19.7. The Bertz CT molecular complexity index is 2270. The number of hydrogen-bond donors (Lipinski definition) is 2. The molecule has 0 saturated heterocycles. The molecule has 0 aromatic heterocycles. The van der Waals surface area contributed by atoms with Crippen molar-refractivity contribution in [1.29, 1.82) is 0 Å². The van der Waals surface area contributed by atoms with Crippen LogP contribution in [-0.2, 0) is 17.7 Å². The quantitative estimate of drug-likeness (QED) is 0.122. The highest BCUT2D eigenvalue weighted by atomic mass is 19.4. The van der Waals surface area contributed by atoms with E-state index in [2.05, 4.69) is 45.4 Å². The number of amides is 1. The van der Waals surface area contributed by atoms with E-state index in [1.807, 2.05) is 72.8 Å². The molecule has 1 amide bonds. The number of aliphatic hydroxyl groups is 2. The topological polar surface area (TPSA) is 96.3 Å². The van der Waals surface area contributed by atoms with Gasteiger partial charge in [-0.1, -0.05) is 125 Å². The Kier molecular flexibility index (Phi) is 14.5. The number of benzene rings is 4. The molecular formula is C54H64F3NO6. The van der Waals surface area contributed by atoms with Crippen LogP contribution in [0, 0.1) is 23.2 Å². The summed E-state index contributed by atoms with van der Waals surface area (Å²) in [5.41, 5.74) is 3.83. The first kappa shape index (κ1) is 47.0. The zero-order valence-corrected chi connectivity index (χ0v) is 37.9. The Hall–Kier alpha value is -4.93. The maximum atomic E-state index is 15.1. The summed E-state index contributed by atoms with van der Waals surface area (Å²) in [6, 6.07) is 28.8. The lowest BCUT2D eigenvalue weighted by Crippen LogP contribution is -2.54. The van der Waals surface area contributed by atoms with Crippen molar-refractivity contribution in [3.63, 3.8) is 0 Å². The fourth-order valence-electron chi connectivity index (χ4n) is 10.9. The molecular weight excluding hydrogens is 816 g/mol. The van der Waals surface area contributed by atoms with Crippen molar-refractivity contribution in [2.45, 2.75) is 135 Å². The minimum Gasteiger partial charge on any atom is -0.446 e. The number of ketones is 1. The van der Waals surface area contributed by atoms with Gasteiger partial charge < -0.3 is 24.6 Å². The fourth-order valence-corrected chi connectivity index (χ4v) is 10.9. The van der Waals surface area contributed by atoms with E-state index in [0.29, 0.717) is 67.6 Å². The third-order valence-electron chi connectivity index (χ3n) is 14.6. The highest BCUT2D eigenvalue weighted by Gasteiger charge is 2.58. The molecule has 4 aromatic rings. The highest BCUT2D eigenvalue weighted by Crippen LogP contribution is 2.59. The van der Waals surface area contributed by atoms with Crippen LogP contribution >= 0.6 is 0 Å². The highest BCUT2D eigenvalue weighted by molar-refractivity contribution is 6.13. The van der Waals surface area contributed by atoms with Gasteiger partial charge in [-0.05, 0) is 134 Å². The lowest BCUT2D eigenvalue weighted by molar-refractivity contribution is -0.274. The molecule has 7 unspecified atom stereocenters. The summed E-state index contributed by atoms with van der Waals surface area (Å²) in [5, 5.41) is 24.5. The largest absolute Gasteiger partial charge is 0.573 e. The summed E-state index contributed by atoms with van der Waals surface area (Å²) in [6.45, 7) is 10.5. The maximum absolute atomic E-state index is 15.1. The smallest absolute Gasteiger partial charge is 0.446 e. The molecule has 4 aliphatic carbocycles. The molecule has 0 spiro atoms. The van der Waals surface area contributed by atoms with Crippen molar-refractivity contribution in [2.75, 3.05) is 6.54 Å². The standard InChI is InChI=1S/C54H64F3NO6/c1-35(2)43-25-18-37(4)30-49(43)63-51(61)58(33-38-19-23-42(24-20-38)64-54(55,56)57)34-53(62)29-27-48-45-26-21-39(31-41(59)22-17-36(3)12-11-28-52(48,53)5)32-47(45)50(60)46-16-10-9-15-44(46)40-13-7-6-8-14-40/h6-10,12-16,19-21,23-24,26,32,35,37,41,43,48-49,59,62H,11,17-18,22,25,27-31,33-34H2,1-5H3. The zero-order chi connectivity index (χ0) is 45.8. The van der Waals surface area contributed by atoms with E-state index in [0.717, 1.165) is 47.1 Å². The van der Waals surface area contributed by atoms with Gasteiger partial charge in [0.05, 0.1) is 18.2 Å². The number of hydrogen-bond acceptors (Lipinski definition) is 6. The Labute approximate surface area is 376 Å². The van der Waals surface area contributed by atoms with Crippen LogP contribution in [-0.4, -0.2) is 57.7 Å². The van der Waals surface area contributed by atoms with E-state index in [-0.39, 0.29) is 48.5 Å². The predicted molar refractivity (Wildman–Crippen MR) is 244 cm³/mol. The van der Waals surface area contributed by atoms with Gasteiger partial charge in [-0.15, -0.1) is 13.2 Å². The first-order valence-corrected chi connectivity index (χ1v) is 23.1. The second-order valence-corrected chi connectivity index (χ2v) is 19.5. The average Bonchev–Trinajstić information content (AvgIpc) is 3.50. The third kappa shape index (κ3) is 10.8. The van der Waals surface area contributed by atoms with E-state index in [4.69, 9.17) is 4.74 Å². The number of alkyl halides is 3. The number of ether oxygens (including phenoxy) is 2. The number of allylic oxidation sites excluding steroid dienone is 2. The van der Waals surface area contributed by atoms with Crippen molar-refractivity contribution in [3.05, 3.63) is 137 Å². The van der Waals surface area contributed by atoms with Crippen molar-refractivity contribution in [1.82, 2.24) is 4.90 Å². The number of fused-ring (bicyclic) bond motifs is 8. The van der Waals surface area contributed by atoms with Crippen LogP contribution in [0.25, 0.3) is 11.1 Å². The molecule has 2 N–H and O–H groups in total. The monoisotopic (exact) mass is 879 g/mol. The van der Waals surface area contributed by atoms with Crippen LogP contribution in [0.1, 0.15) is 131 Å². The van der Waals surface area contributed by atoms with Gasteiger partial charge in [0.1, 0.15) is 11.9 Å². The van der Waals surface area contributed by atoms with Crippen molar-refractivity contribution < 1.29 is 42.4 Å². The summed E-state index contributed by atoms with van der Waals surface area (Å²) < 4.78 is 49.9. The molecule has 2 bridgehead atoms. The molecule has 7 atom stereocenters. The average molecular weight is 880 g/mol. The van der Waals surface area contributed by atoms with E-state index in [1.54, 1.807) is 0 Å². The molecule has 2 fully saturated rings. The molecule has 0 aliphatic heterocycles. The first-order valence-electron chi connectivity index (χ1n) is 23.1. The van der Waals surface area contributed by atoms with Crippen molar-refractivity contribution >= 4 is 11.9 Å². The summed E-state index contributed by atoms with van der Waals surface area (Å²) in [6.07, 6.45) is 2.19. The number of nitrogens with zero attached hydrogens (tertiary/aromatic N) is 1. The first-order chi connectivity index (χ1) is 30.4. The number of rotatable bonds is 10. The van der Waals surface area contributed by atoms with Gasteiger partial charge in [-0.25, -0.2) is 4.79 Å². The fraction of sp³-hybridized carbons (Fsp3) is 0.481. The summed E-state index contributed by atoms with van der Waals surface area (Å²) >= 11 is 0. The van der Waals surface area contributed by atoms with Crippen LogP contribution < -0.4 is 4.74 Å². The van der Waals surface area contributed by atoms with Gasteiger partial charge in [0.2, 0.25) is 0 Å². The summed E-state index contributed by atoms with van der Waals surface area (Å²) in [4.78, 5) is 31.4. The molecule has 0 heterocycles. The molecule has 0 radical (unpaired) electrons. The molecule has 342 valence electrons. The second-order valence-electron chi connectivity index (χ2n) is 19.5. The Morgan fingerprint density at radius 2 is 1.61 bits per heavy atom.